The maximum Gasteiger partial charge on any atom is 0.329 e. The van der Waals surface area contributed by atoms with Crippen molar-refractivity contribution in [3.8, 4) is 0 Å². The van der Waals surface area contributed by atoms with E-state index in [2.05, 4.69) is 5.32 Å². The first kappa shape index (κ1) is 12.5. The lowest BCUT2D eigenvalue weighted by Crippen LogP contribution is -2.55. The fourth-order valence-electron chi connectivity index (χ4n) is 2.08. The summed E-state index contributed by atoms with van der Waals surface area (Å²) in [5, 5.41) is 11.4. The standard InChI is InChI=1S/C10H16N2O4/c1-3-5-10(4-2,8(14)15)12-6-7(13)11-9(12)16/h3-6H2,1-2H3,(H,14,15)(H,11,13,16). The normalized spacial score (nSPS) is 19.5. The van der Waals surface area contributed by atoms with Crippen LogP contribution in [0.1, 0.15) is 33.1 Å². The largest absolute Gasteiger partial charge is 0.479 e. The van der Waals surface area contributed by atoms with E-state index >= 15 is 0 Å². The Labute approximate surface area is 93.6 Å². The predicted octanol–water partition coefficient (Wildman–Crippen LogP) is 0.572. The Morgan fingerprint density at radius 1 is 1.50 bits per heavy atom. The number of carboxylic acids is 1. The number of aliphatic carboxylic acids is 1. The molecule has 90 valence electrons. The quantitative estimate of drug-likeness (QED) is 0.673. The van der Waals surface area contributed by atoms with Crippen molar-refractivity contribution in [2.75, 3.05) is 6.54 Å². The molecule has 0 aromatic heterocycles. The van der Waals surface area contributed by atoms with Gasteiger partial charge in [0.15, 0.2) is 0 Å². The maximum atomic E-state index is 11.5. The van der Waals surface area contributed by atoms with Gasteiger partial charge in [-0.25, -0.2) is 9.59 Å². The number of hydrogen-bond donors (Lipinski definition) is 2. The van der Waals surface area contributed by atoms with E-state index in [0.717, 1.165) is 4.90 Å². The van der Waals surface area contributed by atoms with Crippen LogP contribution in [0.25, 0.3) is 0 Å². The van der Waals surface area contributed by atoms with Crippen LogP contribution in [0.3, 0.4) is 0 Å². The van der Waals surface area contributed by atoms with Crippen molar-refractivity contribution in [3.05, 3.63) is 0 Å². The van der Waals surface area contributed by atoms with Crippen LogP contribution >= 0.6 is 0 Å². The molecule has 2 N–H and O–H groups in total. The molecule has 6 heteroatoms. The van der Waals surface area contributed by atoms with E-state index in [9.17, 15) is 19.5 Å². The third kappa shape index (κ3) is 1.87. The van der Waals surface area contributed by atoms with Crippen LogP contribution in [0.5, 0.6) is 0 Å². The molecule has 0 saturated carbocycles. The topological polar surface area (TPSA) is 86.7 Å². The second kappa shape index (κ2) is 4.51. The molecule has 1 aliphatic heterocycles. The molecule has 0 bridgehead atoms. The molecule has 0 spiro atoms. The molecule has 0 aromatic rings. The summed E-state index contributed by atoms with van der Waals surface area (Å²) in [6.07, 6.45) is 1.27. The van der Waals surface area contributed by atoms with E-state index in [1.165, 1.54) is 0 Å². The van der Waals surface area contributed by atoms with Gasteiger partial charge in [0.05, 0.1) is 0 Å². The molecule has 3 amide bonds. The molecule has 6 nitrogen and oxygen atoms in total. The summed E-state index contributed by atoms with van der Waals surface area (Å²) in [6, 6.07) is -0.609. The highest BCUT2D eigenvalue weighted by Crippen LogP contribution is 2.27. The van der Waals surface area contributed by atoms with Crippen molar-refractivity contribution in [2.45, 2.75) is 38.6 Å². The number of amides is 3. The lowest BCUT2D eigenvalue weighted by atomic mass is 9.89. The highest BCUT2D eigenvalue weighted by atomic mass is 16.4. The predicted molar refractivity (Wildman–Crippen MR) is 55.8 cm³/mol. The van der Waals surface area contributed by atoms with Gasteiger partial charge in [0, 0.05) is 0 Å². The Balaban J connectivity index is 3.05. The van der Waals surface area contributed by atoms with Crippen LogP contribution in [-0.2, 0) is 9.59 Å². The molecule has 1 fully saturated rings. The number of hydrogen-bond acceptors (Lipinski definition) is 3. The molecular formula is C10H16N2O4. The fourth-order valence-corrected chi connectivity index (χ4v) is 2.08. The number of imide groups is 1. The fraction of sp³-hybridized carbons (Fsp3) is 0.700. The summed E-state index contributed by atoms with van der Waals surface area (Å²) in [7, 11) is 0. The molecular weight excluding hydrogens is 212 g/mol. The highest BCUT2D eigenvalue weighted by molar-refractivity contribution is 6.04. The first-order valence-corrected chi connectivity index (χ1v) is 5.32. The third-order valence-corrected chi connectivity index (χ3v) is 2.96. The van der Waals surface area contributed by atoms with Crippen LogP contribution in [0.2, 0.25) is 0 Å². The van der Waals surface area contributed by atoms with E-state index in [0.29, 0.717) is 12.8 Å². The summed E-state index contributed by atoms with van der Waals surface area (Å²) < 4.78 is 0. The van der Waals surface area contributed by atoms with Gasteiger partial charge < -0.3 is 5.11 Å². The van der Waals surface area contributed by atoms with Crippen LogP contribution in [0, 0.1) is 0 Å². The molecule has 1 unspecified atom stereocenters. The first-order valence-electron chi connectivity index (χ1n) is 5.32. The van der Waals surface area contributed by atoms with E-state index < -0.39 is 23.4 Å². The van der Waals surface area contributed by atoms with Crippen molar-refractivity contribution in [1.29, 1.82) is 0 Å². The first-order chi connectivity index (χ1) is 7.47. The van der Waals surface area contributed by atoms with Crippen molar-refractivity contribution in [3.63, 3.8) is 0 Å². The zero-order valence-corrected chi connectivity index (χ0v) is 9.45. The van der Waals surface area contributed by atoms with E-state index in [1.54, 1.807) is 6.92 Å². The molecule has 0 aromatic carbocycles. The molecule has 1 saturated heterocycles. The van der Waals surface area contributed by atoms with E-state index in [1.807, 2.05) is 6.92 Å². The number of carboxylic acid groups (broad SMARTS) is 1. The maximum absolute atomic E-state index is 11.5. The van der Waals surface area contributed by atoms with Crippen molar-refractivity contribution in [2.24, 2.45) is 0 Å². The van der Waals surface area contributed by atoms with Gasteiger partial charge >= 0.3 is 12.0 Å². The average molecular weight is 228 g/mol. The monoisotopic (exact) mass is 228 g/mol. The van der Waals surface area contributed by atoms with Gasteiger partial charge in [-0.2, -0.15) is 0 Å². The summed E-state index contributed by atoms with van der Waals surface area (Å²) >= 11 is 0. The molecule has 1 aliphatic rings. The Morgan fingerprint density at radius 3 is 2.44 bits per heavy atom. The second-order valence-electron chi connectivity index (χ2n) is 3.88. The van der Waals surface area contributed by atoms with Crippen molar-refractivity contribution in [1.82, 2.24) is 10.2 Å². The third-order valence-electron chi connectivity index (χ3n) is 2.96. The van der Waals surface area contributed by atoms with Gasteiger partial charge in [-0.15, -0.1) is 0 Å². The minimum absolute atomic E-state index is 0.168. The van der Waals surface area contributed by atoms with Gasteiger partial charge in [0.1, 0.15) is 12.1 Å². The number of carbonyl (C=O) groups is 3. The van der Waals surface area contributed by atoms with Gasteiger partial charge in [0.2, 0.25) is 5.91 Å². The zero-order valence-electron chi connectivity index (χ0n) is 9.45. The highest BCUT2D eigenvalue weighted by Gasteiger charge is 2.48. The molecule has 0 aliphatic carbocycles. The van der Waals surface area contributed by atoms with Crippen molar-refractivity contribution >= 4 is 17.9 Å². The Kier molecular flexibility index (Phi) is 3.51. The summed E-state index contributed by atoms with van der Waals surface area (Å²) in [4.78, 5) is 35.1. The van der Waals surface area contributed by atoms with E-state index in [-0.39, 0.29) is 13.0 Å². The Bertz CT molecular complexity index is 329. The Morgan fingerprint density at radius 2 is 2.12 bits per heavy atom. The van der Waals surface area contributed by atoms with Crippen LogP contribution in [0.15, 0.2) is 0 Å². The lowest BCUT2D eigenvalue weighted by molar-refractivity contribution is -0.150. The van der Waals surface area contributed by atoms with Crippen molar-refractivity contribution < 1.29 is 19.5 Å². The van der Waals surface area contributed by atoms with Crippen LogP contribution < -0.4 is 5.32 Å². The average Bonchev–Trinajstić information content (AvgIpc) is 2.54. The molecule has 1 rings (SSSR count). The zero-order chi connectivity index (χ0) is 12.3. The number of rotatable bonds is 5. The number of nitrogens with zero attached hydrogens (tertiary/aromatic N) is 1. The summed E-state index contributed by atoms with van der Waals surface area (Å²) in [6.45, 7) is 3.39. The molecule has 16 heavy (non-hydrogen) atoms. The van der Waals surface area contributed by atoms with Gasteiger partial charge in [0.25, 0.3) is 0 Å². The second-order valence-corrected chi connectivity index (χ2v) is 3.88. The van der Waals surface area contributed by atoms with E-state index in [4.69, 9.17) is 0 Å². The van der Waals surface area contributed by atoms with Crippen LogP contribution in [-0.4, -0.2) is 40.0 Å². The van der Waals surface area contributed by atoms with Gasteiger partial charge in [-0.1, -0.05) is 20.3 Å². The van der Waals surface area contributed by atoms with Gasteiger partial charge in [-0.3, -0.25) is 15.0 Å². The number of urea groups is 1. The smallest absolute Gasteiger partial charge is 0.329 e. The summed E-state index contributed by atoms with van der Waals surface area (Å²) in [5.41, 5.74) is -1.26. The summed E-state index contributed by atoms with van der Waals surface area (Å²) in [5.74, 6) is -1.50. The van der Waals surface area contributed by atoms with Gasteiger partial charge in [-0.05, 0) is 12.8 Å². The number of carbonyl (C=O) groups excluding carboxylic acids is 2. The molecule has 1 atom stereocenters. The van der Waals surface area contributed by atoms with Crippen LogP contribution in [0.4, 0.5) is 4.79 Å². The SMILES string of the molecule is CCCC(CC)(C(=O)O)N1CC(=O)NC1=O. The lowest BCUT2D eigenvalue weighted by Gasteiger charge is -2.35. The molecule has 1 heterocycles. The minimum Gasteiger partial charge on any atom is -0.479 e. The molecule has 0 radical (unpaired) electrons. The number of nitrogens with one attached hydrogen (secondary N) is 1. The Hall–Kier alpha value is -1.59. The minimum atomic E-state index is -1.26.